The average molecular weight is 246 g/mol. The second-order valence-electron chi connectivity index (χ2n) is 2.95. The highest BCUT2D eigenvalue weighted by Gasteiger charge is 2.30. The van der Waals surface area contributed by atoms with Crippen LogP contribution >= 0.6 is 0 Å². The lowest BCUT2D eigenvalue weighted by molar-refractivity contribution is -0.140. The number of rotatable bonds is 2. The van der Waals surface area contributed by atoms with Crippen molar-refractivity contribution >= 4 is 5.97 Å². The van der Waals surface area contributed by atoms with Crippen molar-refractivity contribution in [2.24, 2.45) is 0 Å². The first-order valence-electron chi connectivity index (χ1n) is 4.36. The predicted octanol–water partition coefficient (Wildman–Crippen LogP) is 2.45. The number of alkyl halides is 3. The van der Waals surface area contributed by atoms with E-state index in [0.717, 1.165) is 12.1 Å². The van der Waals surface area contributed by atoms with Gasteiger partial charge in [-0.05, 0) is 11.6 Å². The van der Waals surface area contributed by atoms with Gasteiger partial charge in [-0.25, -0.2) is 0 Å². The van der Waals surface area contributed by atoms with Crippen molar-refractivity contribution in [1.82, 2.24) is 0 Å². The molecule has 0 bridgehead atoms. The third-order valence-corrected chi connectivity index (χ3v) is 1.83. The van der Waals surface area contributed by atoms with E-state index in [1.165, 1.54) is 19.2 Å². The van der Waals surface area contributed by atoms with Gasteiger partial charge in [-0.15, -0.1) is 0 Å². The van der Waals surface area contributed by atoms with E-state index in [2.05, 4.69) is 4.74 Å². The molecule has 4 nitrogen and oxygen atoms in total. The third kappa shape index (κ3) is 4.97. The van der Waals surface area contributed by atoms with Crippen LogP contribution in [0.1, 0.15) is 11.1 Å². The summed E-state index contributed by atoms with van der Waals surface area (Å²) < 4.78 is 41.2. The van der Waals surface area contributed by atoms with Crippen LogP contribution in [-0.2, 0) is 22.1 Å². The van der Waals surface area contributed by atoms with Gasteiger partial charge >= 0.3 is 12.1 Å². The molecule has 0 aliphatic carbocycles. The minimum absolute atomic E-state index is 0.152. The van der Waals surface area contributed by atoms with E-state index >= 15 is 0 Å². The largest absolute Gasteiger partial charge is 0.469 e. The molecule has 0 atom stereocenters. The van der Waals surface area contributed by atoms with Gasteiger partial charge in [0.25, 0.3) is 0 Å². The Bertz CT molecular complexity index is 402. The van der Waals surface area contributed by atoms with Crippen LogP contribution in [0.3, 0.4) is 0 Å². The summed E-state index contributed by atoms with van der Waals surface area (Å²) in [5, 5.41) is 12.0. The number of hydrogen-bond acceptors (Lipinski definition) is 4. The number of methoxy groups -OCH3 is 1. The second kappa shape index (κ2) is 6.48. The Morgan fingerprint density at radius 1 is 1.35 bits per heavy atom. The molecule has 1 aromatic rings. The molecule has 0 amide bonds. The molecule has 0 unspecified atom stereocenters. The van der Waals surface area contributed by atoms with Gasteiger partial charge in [0.1, 0.15) is 0 Å². The highest BCUT2D eigenvalue weighted by atomic mass is 19.4. The normalized spacial score (nSPS) is 10.0. The molecule has 1 aromatic carbocycles. The maximum atomic E-state index is 12.3. The summed E-state index contributed by atoms with van der Waals surface area (Å²) in [6.07, 6.45) is -4.54. The van der Waals surface area contributed by atoms with Crippen molar-refractivity contribution in [1.29, 1.82) is 10.8 Å². The highest BCUT2D eigenvalue weighted by Crippen LogP contribution is 2.29. The fraction of sp³-hybridized carbons (Fsp3) is 0.300. The number of nitrogens with zero attached hydrogens (tertiary/aromatic N) is 2. The van der Waals surface area contributed by atoms with E-state index in [0.29, 0.717) is 0 Å². The van der Waals surface area contributed by atoms with E-state index in [1.54, 1.807) is 0 Å². The van der Waals surface area contributed by atoms with Gasteiger partial charge in [0.05, 0.1) is 19.1 Å². The van der Waals surface area contributed by atoms with Crippen LogP contribution in [0.25, 0.3) is 0 Å². The summed E-state index contributed by atoms with van der Waals surface area (Å²) >= 11 is 0. The number of ether oxygens (including phenoxy) is 1. The van der Waals surface area contributed by atoms with E-state index in [9.17, 15) is 18.0 Å². The fourth-order valence-electron chi connectivity index (χ4n) is 1.10. The Labute approximate surface area is 95.4 Å². The lowest BCUT2D eigenvalue weighted by Crippen LogP contribution is -2.08. The SMILES string of the molecule is COC(=O)Cc1cccc(C(F)(F)F)c1.N#N. The van der Waals surface area contributed by atoms with Gasteiger partial charge in [-0.1, -0.05) is 18.2 Å². The molecule has 0 fully saturated rings. The molecule has 0 aromatic heterocycles. The topological polar surface area (TPSA) is 73.9 Å². The predicted molar refractivity (Wildman–Crippen MR) is 50.6 cm³/mol. The van der Waals surface area contributed by atoms with E-state index in [1.807, 2.05) is 0 Å². The Morgan fingerprint density at radius 3 is 2.41 bits per heavy atom. The molecule has 0 saturated carbocycles. The van der Waals surface area contributed by atoms with E-state index < -0.39 is 17.7 Å². The van der Waals surface area contributed by atoms with Crippen molar-refractivity contribution in [3.05, 3.63) is 35.4 Å². The highest BCUT2D eigenvalue weighted by molar-refractivity contribution is 5.72. The quantitative estimate of drug-likeness (QED) is 0.593. The molecular formula is C10H9F3N2O2. The molecule has 0 spiro atoms. The summed E-state index contributed by atoms with van der Waals surface area (Å²) in [6, 6.07) is 4.62. The lowest BCUT2D eigenvalue weighted by atomic mass is 10.1. The van der Waals surface area contributed by atoms with E-state index in [4.69, 9.17) is 10.8 Å². The number of carbonyl (C=O) groups is 1. The van der Waals surface area contributed by atoms with Gasteiger partial charge < -0.3 is 4.74 Å². The zero-order valence-electron chi connectivity index (χ0n) is 8.86. The monoisotopic (exact) mass is 246 g/mol. The molecule has 0 aliphatic rings. The maximum absolute atomic E-state index is 12.3. The first-order valence-corrected chi connectivity index (χ1v) is 4.36. The van der Waals surface area contributed by atoms with Crippen LogP contribution in [0, 0.1) is 10.8 Å². The van der Waals surface area contributed by atoms with E-state index in [-0.39, 0.29) is 12.0 Å². The maximum Gasteiger partial charge on any atom is 0.416 e. The van der Waals surface area contributed by atoms with Gasteiger partial charge in [-0.2, -0.15) is 13.2 Å². The van der Waals surface area contributed by atoms with Crippen molar-refractivity contribution in [2.45, 2.75) is 12.6 Å². The van der Waals surface area contributed by atoms with Crippen LogP contribution in [0.15, 0.2) is 24.3 Å². The Kier molecular flexibility index (Phi) is 5.68. The van der Waals surface area contributed by atoms with Crippen LogP contribution in [0.2, 0.25) is 0 Å². The summed E-state index contributed by atoms with van der Waals surface area (Å²) in [4.78, 5) is 10.8. The molecular weight excluding hydrogens is 237 g/mol. The molecule has 0 heterocycles. The summed E-state index contributed by atoms with van der Waals surface area (Å²) in [5.41, 5.74) is -0.472. The summed E-state index contributed by atoms with van der Waals surface area (Å²) in [5.74, 6) is -0.561. The first-order chi connectivity index (χ1) is 7.93. The molecule has 0 aliphatic heterocycles. The van der Waals surface area contributed by atoms with Gasteiger partial charge in [0, 0.05) is 10.8 Å². The number of esters is 1. The molecule has 92 valence electrons. The molecule has 0 radical (unpaired) electrons. The smallest absolute Gasteiger partial charge is 0.416 e. The zero-order valence-corrected chi connectivity index (χ0v) is 8.86. The molecule has 17 heavy (non-hydrogen) atoms. The number of carbonyl (C=O) groups excluding carboxylic acids is 1. The third-order valence-electron chi connectivity index (χ3n) is 1.83. The Morgan fingerprint density at radius 2 is 1.94 bits per heavy atom. The minimum atomic E-state index is -4.38. The minimum Gasteiger partial charge on any atom is -0.469 e. The van der Waals surface area contributed by atoms with Crippen molar-refractivity contribution in [2.75, 3.05) is 7.11 Å². The van der Waals surface area contributed by atoms with Gasteiger partial charge in [-0.3, -0.25) is 4.79 Å². The Balaban J connectivity index is 0.00000121. The first kappa shape index (κ1) is 14.9. The fourth-order valence-corrected chi connectivity index (χ4v) is 1.10. The molecule has 0 N–H and O–H groups in total. The van der Waals surface area contributed by atoms with Gasteiger partial charge in [0.15, 0.2) is 0 Å². The Hall–Kier alpha value is -2.10. The summed E-state index contributed by atoms with van der Waals surface area (Å²) in [7, 11) is 1.19. The van der Waals surface area contributed by atoms with Crippen molar-refractivity contribution < 1.29 is 22.7 Å². The lowest BCUT2D eigenvalue weighted by Gasteiger charge is -2.07. The number of hydrogen-bond donors (Lipinski definition) is 0. The van der Waals surface area contributed by atoms with Crippen LogP contribution < -0.4 is 0 Å². The van der Waals surface area contributed by atoms with Crippen LogP contribution in [0.4, 0.5) is 13.2 Å². The van der Waals surface area contributed by atoms with Crippen LogP contribution in [-0.4, -0.2) is 13.1 Å². The molecule has 7 heteroatoms. The second-order valence-corrected chi connectivity index (χ2v) is 2.95. The summed E-state index contributed by atoms with van der Waals surface area (Å²) in [6.45, 7) is 0. The molecule has 1 rings (SSSR count). The number of benzene rings is 1. The standard InChI is InChI=1S/C10H9F3O2.N2/c1-15-9(14)6-7-3-2-4-8(5-7)10(11,12)13;1-2/h2-5H,6H2,1H3;. The van der Waals surface area contributed by atoms with Gasteiger partial charge in [0.2, 0.25) is 0 Å². The average Bonchev–Trinajstić information content (AvgIpc) is 2.31. The van der Waals surface area contributed by atoms with Crippen LogP contribution in [0.5, 0.6) is 0 Å². The van der Waals surface area contributed by atoms with Crippen molar-refractivity contribution in [3.63, 3.8) is 0 Å². The number of halogens is 3. The van der Waals surface area contributed by atoms with Crippen molar-refractivity contribution in [3.8, 4) is 0 Å². The molecule has 0 saturated heterocycles. The zero-order chi connectivity index (χ0) is 13.5.